The summed E-state index contributed by atoms with van der Waals surface area (Å²) in [6, 6.07) is 5.00. The first-order valence-corrected chi connectivity index (χ1v) is 7.70. The Bertz CT molecular complexity index is 713. The van der Waals surface area contributed by atoms with Crippen molar-refractivity contribution in [3.63, 3.8) is 0 Å². The first-order valence-electron chi connectivity index (χ1n) is 7.70. The van der Waals surface area contributed by atoms with Crippen molar-refractivity contribution < 1.29 is 22.7 Å². The van der Waals surface area contributed by atoms with Crippen LogP contribution >= 0.6 is 0 Å². The molecule has 2 rings (SSSR count). The van der Waals surface area contributed by atoms with E-state index in [1.807, 2.05) is 13.8 Å². The number of nitrogens with one attached hydrogen (secondary N) is 1. The molecule has 1 aromatic heterocycles. The SMILES string of the molecule is CC(C)CNC(=O)OCc1cn(Cc2cccc(C(F)(F)F)c2)nn1. The second-order valence-corrected chi connectivity index (χ2v) is 5.96. The molecule has 0 fully saturated rings. The molecule has 1 N–H and O–H groups in total. The second kappa shape index (κ2) is 8.00. The molecule has 9 heteroatoms. The maximum atomic E-state index is 12.7. The largest absolute Gasteiger partial charge is 0.443 e. The van der Waals surface area contributed by atoms with Crippen molar-refractivity contribution in [1.29, 1.82) is 0 Å². The Kier molecular flexibility index (Phi) is 6.00. The zero-order valence-electron chi connectivity index (χ0n) is 13.9. The number of carbonyl (C=O) groups is 1. The van der Waals surface area contributed by atoms with Crippen LogP contribution in [0.1, 0.15) is 30.7 Å². The van der Waals surface area contributed by atoms with E-state index in [-0.39, 0.29) is 13.2 Å². The van der Waals surface area contributed by atoms with E-state index in [4.69, 9.17) is 4.74 Å². The predicted octanol–water partition coefficient (Wildman–Crippen LogP) is 3.23. The number of rotatable bonds is 6. The van der Waals surface area contributed by atoms with E-state index in [2.05, 4.69) is 15.6 Å². The lowest BCUT2D eigenvalue weighted by Crippen LogP contribution is -2.27. The van der Waals surface area contributed by atoms with Crippen LogP contribution in [0.15, 0.2) is 30.5 Å². The highest BCUT2D eigenvalue weighted by molar-refractivity contribution is 5.67. The molecule has 136 valence electrons. The number of alkyl carbamates (subject to hydrolysis) is 1. The van der Waals surface area contributed by atoms with Gasteiger partial charge in [0, 0.05) is 6.54 Å². The van der Waals surface area contributed by atoms with Crippen LogP contribution in [0.4, 0.5) is 18.0 Å². The summed E-state index contributed by atoms with van der Waals surface area (Å²) < 4.78 is 44.5. The minimum atomic E-state index is -4.39. The van der Waals surface area contributed by atoms with Gasteiger partial charge in [0.25, 0.3) is 0 Å². The van der Waals surface area contributed by atoms with Crippen molar-refractivity contribution in [2.24, 2.45) is 5.92 Å². The smallest absolute Gasteiger partial charge is 0.416 e. The van der Waals surface area contributed by atoms with Gasteiger partial charge in [-0.15, -0.1) is 5.10 Å². The van der Waals surface area contributed by atoms with Gasteiger partial charge in [-0.3, -0.25) is 0 Å². The van der Waals surface area contributed by atoms with E-state index in [0.29, 0.717) is 23.7 Å². The predicted molar refractivity (Wildman–Crippen MR) is 83.6 cm³/mol. The first-order chi connectivity index (χ1) is 11.7. The maximum Gasteiger partial charge on any atom is 0.416 e. The molecule has 0 aliphatic heterocycles. The van der Waals surface area contributed by atoms with Gasteiger partial charge >= 0.3 is 12.3 Å². The molecule has 0 atom stereocenters. The molecule has 0 aliphatic carbocycles. The molecule has 0 radical (unpaired) electrons. The molecule has 1 amide bonds. The Labute approximate surface area is 143 Å². The molecular formula is C16H19F3N4O2. The Morgan fingerprint density at radius 3 is 2.80 bits per heavy atom. The molecule has 2 aromatic rings. The monoisotopic (exact) mass is 356 g/mol. The summed E-state index contributed by atoms with van der Waals surface area (Å²) in [6.07, 6.45) is -3.42. The third-order valence-electron chi connectivity index (χ3n) is 3.19. The third-order valence-corrected chi connectivity index (χ3v) is 3.19. The van der Waals surface area contributed by atoms with Gasteiger partial charge in [-0.25, -0.2) is 9.48 Å². The lowest BCUT2D eigenvalue weighted by molar-refractivity contribution is -0.137. The molecule has 1 heterocycles. The molecule has 6 nitrogen and oxygen atoms in total. The van der Waals surface area contributed by atoms with Gasteiger partial charge in [-0.2, -0.15) is 13.2 Å². The number of ether oxygens (including phenoxy) is 1. The van der Waals surface area contributed by atoms with Crippen LogP contribution in [0.3, 0.4) is 0 Å². The van der Waals surface area contributed by atoms with Crippen molar-refractivity contribution in [3.05, 3.63) is 47.3 Å². The fourth-order valence-corrected chi connectivity index (χ4v) is 1.99. The lowest BCUT2D eigenvalue weighted by atomic mass is 10.1. The molecule has 0 spiro atoms. The molecular weight excluding hydrogens is 337 g/mol. The first kappa shape index (κ1) is 18.8. The molecule has 0 bridgehead atoms. The van der Waals surface area contributed by atoms with Crippen molar-refractivity contribution in [1.82, 2.24) is 20.3 Å². The average Bonchev–Trinajstić information content (AvgIpc) is 2.98. The number of amides is 1. The highest BCUT2D eigenvalue weighted by Gasteiger charge is 2.30. The van der Waals surface area contributed by atoms with E-state index in [1.165, 1.54) is 16.9 Å². The number of aromatic nitrogens is 3. The Hall–Kier alpha value is -2.58. The fraction of sp³-hybridized carbons (Fsp3) is 0.438. The van der Waals surface area contributed by atoms with Gasteiger partial charge in [0.05, 0.1) is 18.3 Å². The number of halogens is 3. The summed E-state index contributed by atoms with van der Waals surface area (Å²) in [7, 11) is 0. The van der Waals surface area contributed by atoms with Gasteiger partial charge in [0.2, 0.25) is 0 Å². The standard InChI is InChI=1S/C16H19F3N4O2/c1-11(2)7-20-15(24)25-10-14-9-23(22-21-14)8-12-4-3-5-13(6-12)16(17,18)19/h3-6,9,11H,7-8,10H2,1-2H3,(H,20,24). The van der Waals surface area contributed by atoms with Crippen LogP contribution in [0.5, 0.6) is 0 Å². The van der Waals surface area contributed by atoms with Crippen LogP contribution < -0.4 is 5.32 Å². The van der Waals surface area contributed by atoms with Crippen LogP contribution in [-0.2, 0) is 24.1 Å². The van der Waals surface area contributed by atoms with Crippen LogP contribution in [0.2, 0.25) is 0 Å². The van der Waals surface area contributed by atoms with Crippen molar-refractivity contribution >= 4 is 6.09 Å². The summed E-state index contributed by atoms with van der Waals surface area (Å²) >= 11 is 0. The fourth-order valence-electron chi connectivity index (χ4n) is 1.99. The van der Waals surface area contributed by atoms with E-state index in [9.17, 15) is 18.0 Å². The summed E-state index contributed by atoms with van der Waals surface area (Å²) in [6.45, 7) is 4.49. The van der Waals surface area contributed by atoms with E-state index in [1.54, 1.807) is 6.07 Å². The zero-order valence-corrected chi connectivity index (χ0v) is 13.9. The van der Waals surface area contributed by atoms with E-state index < -0.39 is 17.8 Å². The van der Waals surface area contributed by atoms with Crippen LogP contribution in [0.25, 0.3) is 0 Å². The number of carbonyl (C=O) groups excluding carboxylic acids is 1. The highest BCUT2D eigenvalue weighted by atomic mass is 19.4. The molecule has 0 saturated carbocycles. The molecule has 0 aliphatic rings. The number of hydrogen-bond donors (Lipinski definition) is 1. The normalized spacial score (nSPS) is 11.6. The summed E-state index contributed by atoms with van der Waals surface area (Å²) in [5.74, 6) is 0.306. The quantitative estimate of drug-likeness (QED) is 0.863. The zero-order chi connectivity index (χ0) is 18.4. The number of hydrogen-bond acceptors (Lipinski definition) is 4. The van der Waals surface area contributed by atoms with Crippen LogP contribution in [-0.4, -0.2) is 27.6 Å². The van der Waals surface area contributed by atoms with Gasteiger partial charge in [-0.1, -0.05) is 31.2 Å². The van der Waals surface area contributed by atoms with Gasteiger partial charge in [-0.05, 0) is 23.6 Å². The minimum absolute atomic E-state index is 0.0630. The minimum Gasteiger partial charge on any atom is -0.443 e. The Morgan fingerprint density at radius 1 is 1.36 bits per heavy atom. The molecule has 25 heavy (non-hydrogen) atoms. The molecule has 1 aromatic carbocycles. The van der Waals surface area contributed by atoms with Gasteiger partial charge in [0.1, 0.15) is 12.3 Å². The Balaban J connectivity index is 1.90. The Morgan fingerprint density at radius 2 is 2.12 bits per heavy atom. The maximum absolute atomic E-state index is 12.7. The summed E-state index contributed by atoms with van der Waals surface area (Å²) in [5, 5.41) is 10.3. The molecule has 0 saturated heterocycles. The van der Waals surface area contributed by atoms with Crippen LogP contribution in [0, 0.1) is 5.92 Å². The van der Waals surface area contributed by atoms with Crippen molar-refractivity contribution in [2.45, 2.75) is 33.2 Å². The van der Waals surface area contributed by atoms with E-state index in [0.717, 1.165) is 12.1 Å². The molecule has 0 unspecified atom stereocenters. The third kappa shape index (κ3) is 6.09. The number of nitrogens with zero attached hydrogens (tertiary/aromatic N) is 3. The van der Waals surface area contributed by atoms with Crippen molar-refractivity contribution in [2.75, 3.05) is 6.54 Å². The van der Waals surface area contributed by atoms with E-state index >= 15 is 0 Å². The van der Waals surface area contributed by atoms with Gasteiger partial charge < -0.3 is 10.1 Å². The number of benzene rings is 1. The average molecular weight is 356 g/mol. The van der Waals surface area contributed by atoms with Gasteiger partial charge in [0.15, 0.2) is 0 Å². The second-order valence-electron chi connectivity index (χ2n) is 5.96. The summed E-state index contributed by atoms with van der Waals surface area (Å²) in [5.41, 5.74) is 0.143. The topological polar surface area (TPSA) is 69.0 Å². The number of alkyl halides is 3. The van der Waals surface area contributed by atoms with Crippen molar-refractivity contribution in [3.8, 4) is 0 Å². The summed E-state index contributed by atoms with van der Waals surface area (Å²) in [4.78, 5) is 11.5. The highest BCUT2D eigenvalue weighted by Crippen LogP contribution is 2.29. The lowest BCUT2D eigenvalue weighted by Gasteiger charge is -2.08.